The van der Waals surface area contributed by atoms with Crippen LogP contribution in [0.3, 0.4) is 0 Å². The minimum Gasteiger partial charge on any atom is -0.427 e. The third kappa shape index (κ3) is 4.65. The first-order chi connectivity index (χ1) is 12.9. The first-order valence-corrected chi connectivity index (χ1v) is 9.45. The van der Waals surface area contributed by atoms with Gasteiger partial charge in [0.1, 0.15) is 10.8 Å². The fourth-order valence-electron chi connectivity index (χ4n) is 2.75. The van der Waals surface area contributed by atoms with Crippen molar-refractivity contribution in [3.63, 3.8) is 0 Å². The molecule has 5 nitrogen and oxygen atoms in total. The first kappa shape index (κ1) is 18.9. The summed E-state index contributed by atoms with van der Waals surface area (Å²) in [4.78, 5) is 32.9. The molecule has 0 saturated carbocycles. The van der Waals surface area contributed by atoms with E-state index in [9.17, 15) is 9.59 Å². The number of Topliss-reactive ketones (excluding diaryl/α,β-unsaturated/α-hetero) is 1. The van der Waals surface area contributed by atoms with Crippen molar-refractivity contribution in [2.75, 3.05) is 0 Å². The van der Waals surface area contributed by atoms with Crippen LogP contribution < -0.4 is 4.74 Å². The Balaban J connectivity index is 1.64. The smallest absolute Gasteiger partial charge is 0.311 e. The van der Waals surface area contributed by atoms with Gasteiger partial charge in [0.25, 0.3) is 0 Å². The molecule has 1 unspecified atom stereocenters. The Hall–Kier alpha value is -2.86. The third-order valence-corrected chi connectivity index (χ3v) is 5.50. The lowest BCUT2D eigenvalue weighted by Gasteiger charge is -2.11. The average Bonchev–Trinajstić information content (AvgIpc) is 3.05. The lowest BCUT2D eigenvalue weighted by molar-refractivity contribution is -0.134. The van der Waals surface area contributed by atoms with E-state index < -0.39 is 0 Å². The molecule has 6 heteroatoms. The molecule has 0 aliphatic carbocycles. The molecule has 0 aliphatic rings. The minimum atomic E-state index is -0.281. The highest BCUT2D eigenvalue weighted by atomic mass is 32.1. The second kappa shape index (κ2) is 8.22. The van der Waals surface area contributed by atoms with Crippen molar-refractivity contribution in [1.82, 2.24) is 9.97 Å². The first-order valence-electron chi connectivity index (χ1n) is 8.63. The van der Waals surface area contributed by atoms with Crippen LogP contribution in [0.2, 0.25) is 0 Å². The quantitative estimate of drug-likeness (QED) is 0.348. The fourth-order valence-corrected chi connectivity index (χ4v) is 3.71. The number of thiazole rings is 1. The summed E-state index contributed by atoms with van der Waals surface area (Å²) in [6.07, 6.45) is 3.72. The maximum Gasteiger partial charge on any atom is 0.311 e. The van der Waals surface area contributed by atoms with Crippen LogP contribution in [-0.2, 0) is 4.79 Å². The Bertz CT molecular complexity index is 949. The minimum absolute atomic E-state index is 0.0186. The van der Waals surface area contributed by atoms with Crippen LogP contribution in [0.1, 0.15) is 47.1 Å². The summed E-state index contributed by atoms with van der Waals surface area (Å²) in [6, 6.07) is 11.0. The van der Waals surface area contributed by atoms with Gasteiger partial charge in [0.05, 0.1) is 17.0 Å². The van der Waals surface area contributed by atoms with Gasteiger partial charge in [-0.1, -0.05) is 6.92 Å². The number of carbonyl (C=O) groups is 2. The van der Waals surface area contributed by atoms with Gasteiger partial charge in [0.15, 0.2) is 5.78 Å². The molecule has 138 valence electrons. The van der Waals surface area contributed by atoms with Gasteiger partial charge in [-0.3, -0.25) is 14.6 Å². The molecule has 0 saturated heterocycles. The van der Waals surface area contributed by atoms with Crippen LogP contribution in [0.25, 0.3) is 10.6 Å². The van der Waals surface area contributed by atoms with Crippen molar-refractivity contribution in [2.45, 2.75) is 33.1 Å². The van der Waals surface area contributed by atoms with E-state index in [2.05, 4.69) is 9.97 Å². The monoisotopic (exact) mass is 380 g/mol. The maximum absolute atomic E-state index is 12.2. The standard InChI is InChI=1S/C21H20N2O3S/c1-13(16-8-10-22-11-9-16)12-19(25)26-18-6-4-17(5-7-18)21-23-14(2)20(27-21)15(3)24/h4-11,13H,12H2,1-3H3. The number of ether oxygens (including phenoxy) is 1. The number of pyridine rings is 1. The third-order valence-electron chi connectivity index (χ3n) is 4.20. The van der Waals surface area contributed by atoms with Gasteiger partial charge >= 0.3 is 5.97 Å². The average molecular weight is 380 g/mol. The highest BCUT2D eigenvalue weighted by Crippen LogP contribution is 2.29. The summed E-state index contributed by atoms with van der Waals surface area (Å²) in [7, 11) is 0. The Morgan fingerprint density at radius 2 is 1.78 bits per heavy atom. The molecule has 27 heavy (non-hydrogen) atoms. The second-order valence-corrected chi connectivity index (χ2v) is 7.37. The zero-order valence-electron chi connectivity index (χ0n) is 15.4. The van der Waals surface area contributed by atoms with Crippen LogP contribution in [0.15, 0.2) is 48.8 Å². The van der Waals surface area contributed by atoms with E-state index in [0.29, 0.717) is 17.0 Å². The summed E-state index contributed by atoms with van der Waals surface area (Å²) >= 11 is 1.37. The molecule has 0 amide bonds. The van der Waals surface area contributed by atoms with Crippen LogP contribution in [-0.4, -0.2) is 21.7 Å². The van der Waals surface area contributed by atoms with E-state index in [1.54, 1.807) is 31.5 Å². The Labute approximate surface area is 162 Å². The van der Waals surface area contributed by atoms with Gasteiger partial charge in [-0.15, -0.1) is 11.3 Å². The summed E-state index contributed by atoms with van der Waals surface area (Å²) in [5.74, 6) is 0.287. The summed E-state index contributed by atoms with van der Waals surface area (Å²) in [5.41, 5.74) is 2.68. The normalized spacial score (nSPS) is 11.8. The second-order valence-electron chi connectivity index (χ2n) is 6.37. The molecule has 0 N–H and O–H groups in total. The van der Waals surface area contributed by atoms with Crippen molar-refractivity contribution in [2.24, 2.45) is 0 Å². The van der Waals surface area contributed by atoms with Crippen molar-refractivity contribution in [1.29, 1.82) is 0 Å². The van der Waals surface area contributed by atoms with E-state index in [1.807, 2.05) is 38.1 Å². The fraction of sp³-hybridized carbons (Fsp3) is 0.238. The van der Waals surface area contributed by atoms with E-state index in [0.717, 1.165) is 21.8 Å². The lowest BCUT2D eigenvalue weighted by atomic mass is 9.99. The molecule has 2 aromatic heterocycles. The van der Waals surface area contributed by atoms with Gasteiger partial charge in [-0.2, -0.15) is 0 Å². The topological polar surface area (TPSA) is 69.2 Å². The van der Waals surface area contributed by atoms with Crippen LogP contribution in [0, 0.1) is 6.92 Å². The van der Waals surface area contributed by atoms with Crippen molar-refractivity contribution < 1.29 is 14.3 Å². The number of hydrogen-bond acceptors (Lipinski definition) is 6. The number of benzene rings is 1. The van der Waals surface area contributed by atoms with E-state index in [-0.39, 0.29) is 17.7 Å². The van der Waals surface area contributed by atoms with E-state index >= 15 is 0 Å². The van der Waals surface area contributed by atoms with E-state index in [4.69, 9.17) is 4.74 Å². The number of esters is 1. The van der Waals surface area contributed by atoms with Crippen molar-refractivity contribution in [3.8, 4) is 16.3 Å². The zero-order chi connectivity index (χ0) is 19.4. The molecule has 0 bridgehead atoms. The van der Waals surface area contributed by atoms with Crippen molar-refractivity contribution >= 4 is 23.1 Å². The maximum atomic E-state index is 12.2. The molecule has 0 fully saturated rings. The van der Waals surface area contributed by atoms with Gasteiger partial charge in [-0.05, 0) is 54.8 Å². The van der Waals surface area contributed by atoms with Gasteiger partial charge in [0, 0.05) is 24.9 Å². The van der Waals surface area contributed by atoms with Crippen LogP contribution >= 0.6 is 11.3 Å². The number of ketones is 1. The number of hydrogen-bond donors (Lipinski definition) is 0. The zero-order valence-corrected chi connectivity index (χ0v) is 16.2. The Kier molecular flexibility index (Phi) is 5.76. The molecule has 0 spiro atoms. The molecule has 3 aromatic rings. The Morgan fingerprint density at radius 1 is 1.11 bits per heavy atom. The lowest BCUT2D eigenvalue weighted by Crippen LogP contribution is -2.11. The molecule has 2 heterocycles. The molecular weight excluding hydrogens is 360 g/mol. The van der Waals surface area contributed by atoms with Crippen LogP contribution in [0.4, 0.5) is 0 Å². The SMILES string of the molecule is CC(=O)c1sc(-c2ccc(OC(=O)CC(C)c3ccncc3)cc2)nc1C. The number of carbonyl (C=O) groups excluding carboxylic acids is 2. The summed E-state index contributed by atoms with van der Waals surface area (Å²) in [5, 5.41) is 0.780. The van der Waals surface area contributed by atoms with Crippen LogP contribution in [0.5, 0.6) is 5.75 Å². The number of aryl methyl sites for hydroxylation is 1. The summed E-state index contributed by atoms with van der Waals surface area (Å²) < 4.78 is 5.44. The molecule has 1 aromatic carbocycles. The van der Waals surface area contributed by atoms with Gasteiger partial charge in [0.2, 0.25) is 0 Å². The molecule has 1 atom stereocenters. The highest BCUT2D eigenvalue weighted by molar-refractivity contribution is 7.17. The predicted molar refractivity (Wildman–Crippen MR) is 105 cm³/mol. The Morgan fingerprint density at radius 3 is 2.37 bits per heavy atom. The van der Waals surface area contributed by atoms with Crippen molar-refractivity contribution in [3.05, 3.63) is 64.9 Å². The summed E-state index contributed by atoms with van der Waals surface area (Å²) in [6.45, 7) is 5.35. The number of rotatable bonds is 6. The largest absolute Gasteiger partial charge is 0.427 e. The molecule has 3 rings (SSSR count). The molecule has 0 radical (unpaired) electrons. The predicted octanol–water partition coefficient (Wildman–Crippen LogP) is 4.82. The van der Waals surface area contributed by atoms with Gasteiger partial charge in [-0.25, -0.2) is 4.98 Å². The number of aromatic nitrogens is 2. The van der Waals surface area contributed by atoms with E-state index in [1.165, 1.54) is 11.3 Å². The molecule has 0 aliphatic heterocycles. The highest BCUT2D eigenvalue weighted by Gasteiger charge is 2.15. The number of nitrogens with zero attached hydrogens (tertiary/aromatic N) is 2. The molecular formula is C21H20N2O3S. The van der Waals surface area contributed by atoms with Gasteiger partial charge < -0.3 is 4.74 Å².